The summed E-state index contributed by atoms with van der Waals surface area (Å²) in [6.07, 6.45) is 1.76. The van der Waals surface area contributed by atoms with Crippen LogP contribution in [0.4, 0.5) is 0 Å². The van der Waals surface area contributed by atoms with Gasteiger partial charge in [-0.2, -0.15) is 0 Å². The molecule has 0 aromatic carbocycles. The van der Waals surface area contributed by atoms with Crippen LogP contribution in [0.2, 0.25) is 0 Å². The van der Waals surface area contributed by atoms with E-state index in [1.807, 2.05) is 0 Å². The molecule has 0 saturated heterocycles. The van der Waals surface area contributed by atoms with Crippen LogP contribution in [0.3, 0.4) is 0 Å². The van der Waals surface area contributed by atoms with Crippen LogP contribution >= 0.6 is 0 Å². The molecule has 3 heteroatoms. The van der Waals surface area contributed by atoms with Crippen LogP contribution in [0.1, 0.15) is 13.8 Å². The zero-order valence-corrected chi connectivity index (χ0v) is 5.50. The van der Waals surface area contributed by atoms with Gasteiger partial charge in [0.2, 0.25) is 0 Å². The maximum atomic E-state index is 10.4. The van der Waals surface area contributed by atoms with E-state index in [9.17, 15) is 4.79 Å². The van der Waals surface area contributed by atoms with Gasteiger partial charge >= 0.3 is 5.97 Å². The molecule has 0 aliphatic heterocycles. The van der Waals surface area contributed by atoms with E-state index < -0.39 is 12.1 Å². The standard InChI is InChI=1S/C6H10O3/c1-3-4-9-6(8)5(2)7/h3-5,7H,1-2H3. The predicted octanol–water partition coefficient (Wildman–Crippen LogP) is 0.444. The summed E-state index contributed by atoms with van der Waals surface area (Å²) in [6.45, 7) is 3.07. The topological polar surface area (TPSA) is 46.5 Å². The van der Waals surface area contributed by atoms with Crippen LogP contribution in [0.25, 0.3) is 0 Å². The molecule has 0 aromatic heterocycles. The Morgan fingerprint density at radius 2 is 2.33 bits per heavy atom. The summed E-state index contributed by atoms with van der Waals surface area (Å²) in [5.74, 6) is -0.631. The highest BCUT2D eigenvalue weighted by molar-refractivity contribution is 5.74. The Labute approximate surface area is 53.9 Å². The van der Waals surface area contributed by atoms with Gasteiger partial charge in [0.15, 0.2) is 0 Å². The molecular formula is C6H10O3. The maximum absolute atomic E-state index is 10.4. The number of carbonyl (C=O) groups excluding carboxylic acids is 1. The van der Waals surface area contributed by atoms with Crippen LogP contribution in [-0.2, 0) is 9.53 Å². The van der Waals surface area contributed by atoms with E-state index in [4.69, 9.17) is 5.11 Å². The lowest BCUT2D eigenvalue weighted by Gasteiger charge is -1.98. The second-order valence-electron chi connectivity index (χ2n) is 1.58. The Morgan fingerprint density at radius 3 is 2.67 bits per heavy atom. The lowest BCUT2D eigenvalue weighted by Crippen LogP contribution is -2.16. The van der Waals surface area contributed by atoms with E-state index in [2.05, 4.69) is 4.74 Å². The van der Waals surface area contributed by atoms with Crippen molar-refractivity contribution in [3.8, 4) is 0 Å². The maximum Gasteiger partial charge on any atom is 0.339 e. The highest BCUT2D eigenvalue weighted by atomic mass is 16.5. The molecule has 0 fully saturated rings. The van der Waals surface area contributed by atoms with Gasteiger partial charge in [-0.25, -0.2) is 4.79 Å². The van der Waals surface area contributed by atoms with Crippen LogP contribution in [0.5, 0.6) is 0 Å². The third-order valence-electron chi connectivity index (χ3n) is 0.661. The molecule has 1 unspecified atom stereocenters. The first-order valence-electron chi connectivity index (χ1n) is 2.68. The Bertz CT molecular complexity index is 115. The van der Waals surface area contributed by atoms with E-state index in [1.165, 1.54) is 13.2 Å². The van der Waals surface area contributed by atoms with Crippen molar-refractivity contribution >= 4 is 5.97 Å². The zero-order chi connectivity index (χ0) is 7.28. The SMILES string of the molecule is CC=COC(=O)C(C)O. The van der Waals surface area contributed by atoms with Crippen molar-refractivity contribution in [2.75, 3.05) is 0 Å². The van der Waals surface area contributed by atoms with Gasteiger partial charge in [-0.05, 0) is 13.8 Å². The first-order chi connectivity index (χ1) is 4.18. The molecule has 1 atom stereocenters. The second-order valence-corrected chi connectivity index (χ2v) is 1.58. The third kappa shape index (κ3) is 3.73. The summed E-state index contributed by atoms with van der Waals surface area (Å²) < 4.78 is 4.38. The number of hydrogen-bond donors (Lipinski definition) is 1. The van der Waals surface area contributed by atoms with E-state index in [0.717, 1.165) is 0 Å². The molecule has 9 heavy (non-hydrogen) atoms. The van der Waals surface area contributed by atoms with Gasteiger partial charge < -0.3 is 9.84 Å². The number of carbonyl (C=O) groups is 1. The number of aliphatic hydroxyl groups is 1. The van der Waals surface area contributed by atoms with Crippen molar-refractivity contribution < 1.29 is 14.6 Å². The molecule has 0 rings (SSSR count). The highest BCUT2D eigenvalue weighted by Crippen LogP contribution is 1.86. The van der Waals surface area contributed by atoms with Gasteiger partial charge in [0.25, 0.3) is 0 Å². The normalized spacial score (nSPS) is 13.7. The molecule has 0 aliphatic rings. The van der Waals surface area contributed by atoms with Gasteiger partial charge in [0.1, 0.15) is 6.10 Å². The van der Waals surface area contributed by atoms with Crippen LogP contribution in [0.15, 0.2) is 12.3 Å². The molecule has 1 N–H and O–H groups in total. The molecule has 0 bridgehead atoms. The average Bonchev–Trinajstić information content (AvgIpc) is 1.82. The molecule has 0 radical (unpaired) electrons. The summed E-state index contributed by atoms with van der Waals surface area (Å²) in [6, 6.07) is 0. The summed E-state index contributed by atoms with van der Waals surface area (Å²) in [5.41, 5.74) is 0. The summed E-state index contributed by atoms with van der Waals surface area (Å²) in [4.78, 5) is 10.4. The molecule has 0 heterocycles. The molecule has 0 spiro atoms. The predicted molar refractivity (Wildman–Crippen MR) is 32.6 cm³/mol. The fraction of sp³-hybridized carbons (Fsp3) is 0.500. The van der Waals surface area contributed by atoms with Gasteiger partial charge in [0, 0.05) is 0 Å². The fourth-order valence-electron chi connectivity index (χ4n) is 0.234. The molecule has 52 valence electrons. The molecular weight excluding hydrogens is 120 g/mol. The molecule has 0 aromatic rings. The van der Waals surface area contributed by atoms with E-state index >= 15 is 0 Å². The summed E-state index contributed by atoms with van der Waals surface area (Å²) in [7, 11) is 0. The lowest BCUT2D eigenvalue weighted by atomic mass is 10.4. The largest absolute Gasteiger partial charge is 0.433 e. The fourth-order valence-corrected chi connectivity index (χ4v) is 0.234. The molecule has 0 aliphatic carbocycles. The minimum atomic E-state index is -1.04. The van der Waals surface area contributed by atoms with Crippen molar-refractivity contribution in [3.05, 3.63) is 12.3 Å². The number of esters is 1. The van der Waals surface area contributed by atoms with Crippen molar-refractivity contribution in [1.82, 2.24) is 0 Å². The van der Waals surface area contributed by atoms with Crippen molar-refractivity contribution in [2.45, 2.75) is 20.0 Å². The average molecular weight is 130 g/mol. The molecule has 0 saturated carbocycles. The number of aliphatic hydroxyl groups excluding tert-OH is 1. The van der Waals surface area contributed by atoms with E-state index in [1.54, 1.807) is 13.0 Å². The minimum Gasteiger partial charge on any atom is -0.433 e. The minimum absolute atomic E-state index is 0.631. The van der Waals surface area contributed by atoms with Crippen LogP contribution in [-0.4, -0.2) is 17.2 Å². The van der Waals surface area contributed by atoms with Gasteiger partial charge in [0.05, 0.1) is 6.26 Å². The van der Waals surface area contributed by atoms with Crippen LogP contribution in [0, 0.1) is 0 Å². The summed E-state index contributed by atoms with van der Waals surface area (Å²) in [5, 5.41) is 8.54. The molecule has 3 nitrogen and oxygen atoms in total. The molecule has 0 amide bonds. The lowest BCUT2D eigenvalue weighted by molar-refractivity contribution is -0.146. The third-order valence-corrected chi connectivity index (χ3v) is 0.661. The van der Waals surface area contributed by atoms with Crippen molar-refractivity contribution in [1.29, 1.82) is 0 Å². The second kappa shape index (κ2) is 4.09. The number of hydrogen-bond acceptors (Lipinski definition) is 3. The van der Waals surface area contributed by atoms with Gasteiger partial charge in [-0.1, -0.05) is 6.08 Å². The van der Waals surface area contributed by atoms with Gasteiger partial charge in [-0.15, -0.1) is 0 Å². The van der Waals surface area contributed by atoms with Crippen LogP contribution < -0.4 is 0 Å². The smallest absolute Gasteiger partial charge is 0.339 e. The Morgan fingerprint density at radius 1 is 1.78 bits per heavy atom. The number of ether oxygens (including phenoxy) is 1. The van der Waals surface area contributed by atoms with E-state index in [-0.39, 0.29) is 0 Å². The van der Waals surface area contributed by atoms with E-state index in [0.29, 0.717) is 0 Å². The number of rotatable bonds is 2. The Hall–Kier alpha value is -0.830. The zero-order valence-electron chi connectivity index (χ0n) is 5.50. The quantitative estimate of drug-likeness (QED) is 0.436. The Balaban J connectivity index is 3.51. The summed E-state index contributed by atoms with van der Waals surface area (Å²) >= 11 is 0. The number of allylic oxidation sites excluding steroid dienone is 1. The van der Waals surface area contributed by atoms with Crippen molar-refractivity contribution in [3.63, 3.8) is 0 Å². The monoisotopic (exact) mass is 130 g/mol. The first kappa shape index (κ1) is 8.17. The highest BCUT2D eigenvalue weighted by Gasteiger charge is 2.06. The van der Waals surface area contributed by atoms with Gasteiger partial charge in [-0.3, -0.25) is 0 Å². The van der Waals surface area contributed by atoms with Crippen molar-refractivity contribution in [2.24, 2.45) is 0 Å². The first-order valence-corrected chi connectivity index (χ1v) is 2.68. The Kier molecular flexibility index (Phi) is 3.71.